The lowest BCUT2D eigenvalue weighted by Crippen LogP contribution is -2.02. The SMILES string of the molecule is CCSc1ccccc1NCc1ccc(C(=O)O)cc1. The van der Waals surface area contributed by atoms with Crippen LogP contribution in [0.3, 0.4) is 0 Å². The summed E-state index contributed by atoms with van der Waals surface area (Å²) in [6.07, 6.45) is 0. The van der Waals surface area contributed by atoms with Crippen molar-refractivity contribution in [1.29, 1.82) is 0 Å². The zero-order valence-corrected chi connectivity index (χ0v) is 12.1. The first kappa shape index (κ1) is 14.5. The molecule has 0 unspecified atom stereocenters. The average molecular weight is 287 g/mol. The molecule has 4 heteroatoms. The van der Waals surface area contributed by atoms with E-state index in [2.05, 4.69) is 24.4 Å². The quantitative estimate of drug-likeness (QED) is 0.785. The highest BCUT2D eigenvalue weighted by Gasteiger charge is 2.03. The maximum atomic E-state index is 10.8. The molecule has 0 amide bonds. The number of hydrogen-bond acceptors (Lipinski definition) is 3. The van der Waals surface area contributed by atoms with Gasteiger partial charge in [0.25, 0.3) is 0 Å². The van der Waals surface area contributed by atoms with Gasteiger partial charge in [0.1, 0.15) is 0 Å². The number of thioether (sulfide) groups is 1. The van der Waals surface area contributed by atoms with Gasteiger partial charge in [-0.1, -0.05) is 31.2 Å². The molecule has 2 aromatic carbocycles. The maximum absolute atomic E-state index is 10.8. The zero-order chi connectivity index (χ0) is 14.4. The molecule has 0 radical (unpaired) electrons. The van der Waals surface area contributed by atoms with Crippen molar-refractivity contribution in [2.45, 2.75) is 18.4 Å². The Balaban J connectivity index is 2.03. The standard InChI is InChI=1S/C16H17NO2S/c1-2-20-15-6-4-3-5-14(15)17-11-12-7-9-13(10-8-12)16(18)19/h3-10,17H,2,11H2,1H3,(H,18,19). The van der Waals surface area contributed by atoms with E-state index in [1.165, 1.54) is 4.90 Å². The first-order valence-corrected chi connectivity index (χ1v) is 7.47. The second-order valence-electron chi connectivity index (χ2n) is 4.28. The van der Waals surface area contributed by atoms with Gasteiger partial charge in [-0.05, 0) is 35.6 Å². The van der Waals surface area contributed by atoms with Crippen molar-refractivity contribution in [1.82, 2.24) is 0 Å². The molecule has 0 aliphatic heterocycles. The Morgan fingerprint density at radius 3 is 2.50 bits per heavy atom. The first-order chi connectivity index (χ1) is 9.70. The molecule has 2 N–H and O–H groups in total. The lowest BCUT2D eigenvalue weighted by molar-refractivity contribution is 0.0697. The Kier molecular flexibility index (Phi) is 5.07. The summed E-state index contributed by atoms with van der Waals surface area (Å²) in [4.78, 5) is 12.0. The summed E-state index contributed by atoms with van der Waals surface area (Å²) in [5.74, 6) is 0.139. The van der Waals surface area contributed by atoms with Crippen LogP contribution in [0.2, 0.25) is 0 Å². The molecule has 0 aliphatic rings. The number of carboxylic acids is 1. The third-order valence-corrected chi connectivity index (χ3v) is 3.83. The van der Waals surface area contributed by atoms with Gasteiger partial charge in [0.05, 0.1) is 5.56 Å². The van der Waals surface area contributed by atoms with Crippen molar-refractivity contribution in [3.05, 3.63) is 59.7 Å². The van der Waals surface area contributed by atoms with Crippen LogP contribution < -0.4 is 5.32 Å². The van der Waals surface area contributed by atoms with Crippen LogP contribution in [0.15, 0.2) is 53.4 Å². The number of carbonyl (C=O) groups is 1. The number of hydrogen-bond donors (Lipinski definition) is 2. The number of rotatable bonds is 6. The molecule has 0 spiro atoms. The predicted octanol–water partition coefficient (Wildman–Crippen LogP) is 4.11. The second-order valence-corrected chi connectivity index (χ2v) is 5.59. The molecule has 20 heavy (non-hydrogen) atoms. The number of carboxylic acid groups (broad SMARTS) is 1. The summed E-state index contributed by atoms with van der Waals surface area (Å²) in [6, 6.07) is 15.1. The van der Waals surface area contributed by atoms with E-state index >= 15 is 0 Å². The van der Waals surface area contributed by atoms with Gasteiger partial charge in [-0.25, -0.2) is 4.79 Å². The fraction of sp³-hybridized carbons (Fsp3) is 0.188. The van der Waals surface area contributed by atoms with E-state index in [9.17, 15) is 4.79 Å². The van der Waals surface area contributed by atoms with E-state index in [1.54, 1.807) is 23.9 Å². The lowest BCUT2D eigenvalue weighted by atomic mass is 10.1. The maximum Gasteiger partial charge on any atom is 0.335 e. The number of anilines is 1. The number of benzene rings is 2. The van der Waals surface area contributed by atoms with Gasteiger partial charge in [-0.3, -0.25) is 0 Å². The fourth-order valence-electron chi connectivity index (χ4n) is 1.86. The smallest absolute Gasteiger partial charge is 0.335 e. The summed E-state index contributed by atoms with van der Waals surface area (Å²) in [7, 11) is 0. The molecule has 0 fully saturated rings. The second kappa shape index (κ2) is 7.01. The van der Waals surface area contributed by atoms with Gasteiger partial charge >= 0.3 is 5.97 Å². The van der Waals surface area contributed by atoms with E-state index in [1.807, 2.05) is 24.3 Å². The summed E-state index contributed by atoms with van der Waals surface area (Å²) in [6.45, 7) is 2.81. The van der Waals surface area contributed by atoms with Gasteiger partial charge in [-0.2, -0.15) is 0 Å². The largest absolute Gasteiger partial charge is 0.478 e. The van der Waals surface area contributed by atoms with Crippen LogP contribution >= 0.6 is 11.8 Å². The van der Waals surface area contributed by atoms with Crippen molar-refractivity contribution in [2.75, 3.05) is 11.1 Å². The third-order valence-electron chi connectivity index (χ3n) is 2.87. The number of nitrogens with one attached hydrogen (secondary N) is 1. The van der Waals surface area contributed by atoms with Crippen molar-refractivity contribution < 1.29 is 9.90 Å². The molecular weight excluding hydrogens is 270 g/mol. The van der Waals surface area contributed by atoms with Crippen LogP contribution in [0, 0.1) is 0 Å². The van der Waals surface area contributed by atoms with Crippen molar-refractivity contribution in [3.8, 4) is 0 Å². The summed E-state index contributed by atoms with van der Waals surface area (Å²) < 4.78 is 0. The normalized spacial score (nSPS) is 10.2. The van der Waals surface area contributed by atoms with Crippen molar-refractivity contribution in [2.24, 2.45) is 0 Å². The molecule has 2 aromatic rings. The van der Waals surface area contributed by atoms with Crippen LogP contribution in [0.5, 0.6) is 0 Å². The fourth-order valence-corrected chi connectivity index (χ4v) is 2.64. The van der Waals surface area contributed by atoms with Crippen molar-refractivity contribution >= 4 is 23.4 Å². The first-order valence-electron chi connectivity index (χ1n) is 6.48. The molecule has 104 valence electrons. The molecule has 0 saturated heterocycles. The van der Waals surface area contributed by atoms with E-state index in [4.69, 9.17) is 5.11 Å². The van der Waals surface area contributed by atoms with E-state index in [0.717, 1.165) is 17.0 Å². The minimum atomic E-state index is -0.894. The topological polar surface area (TPSA) is 49.3 Å². The molecule has 3 nitrogen and oxygen atoms in total. The third kappa shape index (κ3) is 3.78. The summed E-state index contributed by atoms with van der Waals surface area (Å²) in [5, 5.41) is 12.3. The Morgan fingerprint density at radius 2 is 1.85 bits per heavy atom. The lowest BCUT2D eigenvalue weighted by Gasteiger charge is -2.11. The van der Waals surface area contributed by atoms with Crippen LogP contribution in [-0.2, 0) is 6.54 Å². The van der Waals surface area contributed by atoms with Gasteiger partial charge in [0, 0.05) is 17.1 Å². The molecule has 0 atom stereocenters. The molecular formula is C16H17NO2S. The highest BCUT2D eigenvalue weighted by Crippen LogP contribution is 2.26. The van der Waals surface area contributed by atoms with Crippen LogP contribution in [-0.4, -0.2) is 16.8 Å². The van der Waals surface area contributed by atoms with Crippen LogP contribution in [0.1, 0.15) is 22.8 Å². The summed E-state index contributed by atoms with van der Waals surface area (Å²) >= 11 is 1.80. The molecule has 0 heterocycles. The van der Waals surface area contributed by atoms with Gasteiger partial charge < -0.3 is 10.4 Å². The number of aromatic carboxylic acids is 1. The van der Waals surface area contributed by atoms with Gasteiger partial charge in [0.15, 0.2) is 0 Å². The Labute approximate surface area is 123 Å². The molecule has 0 bridgehead atoms. The molecule has 0 aliphatic carbocycles. The molecule has 0 saturated carbocycles. The van der Waals surface area contributed by atoms with E-state index < -0.39 is 5.97 Å². The molecule has 0 aromatic heterocycles. The van der Waals surface area contributed by atoms with Crippen LogP contribution in [0.4, 0.5) is 5.69 Å². The minimum Gasteiger partial charge on any atom is -0.478 e. The highest BCUT2D eigenvalue weighted by atomic mass is 32.2. The Morgan fingerprint density at radius 1 is 1.15 bits per heavy atom. The monoisotopic (exact) mass is 287 g/mol. The van der Waals surface area contributed by atoms with Gasteiger partial charge in [0.2, 0.25) is 0 Å². The van der Waals surface area contributed by atoms with E-state index in [0.29, 0.717) is 12.1 Å². The highest BCUT2D eigenvalue weighted by molar-refractivity contribution is 7.99. The van der Waals surface area contributed by atoms with Gasteiger partial charge in [-0.15, -0.1) is 11.8 Å². The minimum absolute atomic E-state index is 0.315. The zero-order valence-electron chi connectivity index (χ0n) is 11.3. The van der Waals surface area contributed by atoms with Crippen LogP contribution in [0.25, 0.3) is 0 Å². The van der Waals surface area contributed by atoms with Crippen molar-refractivity contribution in [3.63, 3.8) is 0 Å². The van der Waals surface area contributed by atoms with E-state index in [-0.39, 0.29) is 0 Å². The average Bonchev–Trinajstić information content (AvgIpc) is 2.47. The molecule has 2 rings (SSSR count). The Bertz CT molecular complexity index is 581. The number of para-hydroxylation sites is 1. The predicted molar refractivity (Wildman–Crippen MR) is 83.6 cm³/mol. The summed E-state index contributed by atoms with van der Waals surface area (Å²) in [5.41, 5.74) is 2.49. The Hall–Kier alpha value is -1.94.